The molecule has 0 spiro atoms. The van der Waals surface area contributed by atoms with E-state index < -0.39 is 0 Å². The summed E-state index contributed by atoms with van der Waals surface area (Å²) < 4.78 is 4.97. The number of rotatable bonds is 6. The molecule has 62 heavy (non-hydrogen) atoms. The molecule has 1 aliphatic rings. The van der Waals surface area contributed by atoms with Crippen LogP contribution in [0.1, 0.15) is 12.0 Å². The highest BCUT2D eigenvalue weighted by molar-refractivity contribution is 6.32. The van der Waals surface area contributed by atoms with E-state index in [-0.39, 0.29) is 6.04 Å². The molecule has 8 aromatic carbocycles. The van der Waals surface area contributed by atoms with Crippen molar-refractivity contribution in [1.29, 1.82) is 10.5 Å². The lowest BCUT2D eigenvalue weighted by atomic mass is 9.98. The summed E-state index contributed by atoms with van der Waals surface area (Å²) in [7, 11) is 0. The van der Waals surface area contributed by atoms with E-state index in [0.717, 1.165) is 34.9 Å². The molecule has 6 nitrogen and oxygen atoms in total. The van der Waals surface area contributed by atoms with Gasteiger partial charge in [-0.05, 0) is 97.4 Å². The van der Waals surface area contributed by atoms with Crippen LogP contribution in [-0.4, -0.2) is 14.8 Å². The van der Waals surface area contributed by atoms with Gasteiger partial charge in [0.05, 0.1) is 68.2 Å². The molecule has 0 aliphatic heterocycles. The number of benzene rings is 8. The summed E-state index contributed by atoms with van der Waals surface area (Å²) in [4.78, 5) is 4.77. The second-order valence-corrected chi connectivity index (χ2v) is 16.3. The summed E-state index contributed by atoms with van der Waals surface area (Å²) in [5, 5.41) is 29.0. The summed E-state index contributed by atoms with van der Waals surface area (Å²) in [6.07, 6.45) is 6.93. The number of hydrogen-bond acceptors (Lipinski definition) is 4. The van der Waals surface area contributed by atoms with Crippen molar-refractivity contribution in [3.05, 3.63) is 199 Å². The van der Waals surface area contributed by atoms with Crippen LogP contribution < -0.4 is 9.80 Å². The first-order valence-electron chi connectivity index (χ1n) is 21.0. The molecule has 1 unspecified atom stereocenters. The van der Waals surface area contributed by atoms with Crippen LogP contribution in [-0.2, 0) is 0 Å². The van der Waals surface area contributed by atoms with Crippen LogP contribution in [0.5, 0.6) is 0 Å². The van der Waals surface area contributed by atoms with E-state index in [1.807, 2.05) is 36.4 Å². The Kier molecular flexibility index (Phi) is 7.17. The summed E-state index contributed by atoms with van der Waals surface area (Å²) in [6.45, 7) is 0. The average molecular weight is 791 g/mol. The Morgan fingerprint density at radius 3 is 1.56 bits per heavy atom. The molecule has 0 N–H and O–H groups in total. The van der Waals surface area contributed by atoms with Crippen LogP contribution in [0.3, 0.4) is 0 Å². The third-order valence-corrected chi connectivity index (χ3v) is 13.1. The second-order valence-electron chi connectivity index (χ2n) is 16.3. The number of nitrogens with zero attached hydrogens (tertiary/aromatic N) is 6. The zero-order chi connectivity index (χ0) is 41.1. The normalized spacial score (nSPS) is 14.2. The molecular weight excluding hydrogens is 757 g/mol. The monoisotopic (exact) mass is 790 g/mol. The molecular formula is C56H34N6. The lowest BCUT2D eigenvalue weighted by Crippen LogP contribution is -2.30. The van der Waals surface area contributed by atoms with Crippen LogP contribution in [0.4, 0.5) is 28.4 Å². The van der Waals surface area contributed by atoms with Crippen molar-refractivity contribution in [2.45, 2.75) is 12.5 Å². The van der Waals surface area contributed by atoms with Gasteiger partial charge < -0.3 is 18.6 Å². The highest BCUT2D eigenvalue weighted by Gasteiger charge is 2.29. The van der Waals surface area contributed by atoms with E-state index in [4.69, 9.17) is 0 Å². The minimum Gasteiger partial charge on any atom is -0.334 e. The minimum atomic E-state index is 0.0399. The van der Waals surface area contributed by atoms with Gasteiger partial charge >= 0.3 is 0 Å². The topological polar surface area (TPSA) is 62.9 Å². The van der Waals surface area contributed by atoms with E-state index >= 15 is 0 Å². The van der Waals surface area contributed by atoms with E-state index in [0.29, 0.717) is 11.1 Å². The lowest BCUT2D eigenvalue weighted by Gasteiger charge is -2.33. The molecule has 0 saturated heterocycles. The predicted molar refractivity (Wildman–Crippen MR) is 255 cm³/mol. The molecule has 0 saturated carbocycles. The third kappa shape index (κ3) is 4.66. The van der Waals surface area contributed by atoms with Crippen LogP contribution in [0, 0.1) is 22.7 Å². The minimum absolute atomic E-state index is 0.0399. The Hall–Kier alpha value is -8.58. The van der Waals surface area contributed by atoms with E-state index in [1.54, 1.807) is 0 Å². The fraction of sp³-hybridized carbons (Fsp3) is 0.0357. The van der Waals surface area contributed by atoms with Crippen molar-refractivity contribution in [2.24, 2.45) is 0 Å². The standard InChI is InChI=1S/C56H34N6/c57-33-35-19-23-39(24-20-35)59(37-11-3-1-4-12-37)49-29-27-41-45-31-52-46(32-51(45)61-47-17-9-7-15-43(47)53(49)55(41)61)42-28-30-50(54-44-16-8-10-18-48(44)62(52)56(42)54)60(38-13-5-2-6-14-38)40-25-21-36(34-58)22-26-40/h1-25,27-32,40H,26H2. The molecule has 0 bridgehead atoms. The van der Waals surface area contributed by atoms with Gasteiger partial charge in [0.2, 0.25) is 0 Å². The van der Waals surface area contributed by atoms with Crippen molar-refractivity contribution in [3.63, 3.8) is 0 Å². The van der Waals surface area contributed by atoms with Crippen LogP contribution in [0.2, 0.25) is 0 Å². The lowest BCUT2D eigenvalue weighted by molar-refractivity contribution is 0.784. The van der Waals surface area contributed by atoms with Crippen LogP contribution in [0.25, 0.3) is 76.2 Å². The Morgan fingerprint density at radius 1 is 0.468 bits per heavy atom. The van der Waals surface area contributed by atoms with Crippen molar-refractivity contribution in [2.75, 3.05) is 9.80 Å². The quantitative estimate of drug-likeness (QED) is 0.168. The highest BCUT2D eigenvalue weighted by atomic mass is 15.2. The van der Waals surface area contributed by atoms with Crippen LogP contribution >= 0.6 is 0 Å². The number of anilines is 5. The predicted octanol–water partition coefficient (Wildman–Crippen LogP) is 14.2. The fourth-order valence-electron chi connectivity index (χ4n) is 10.5. The van der Waals surface area contributed by atoms with Gasteiger partial charge in [-0.3, -0.25) is 0 Å². The van der Waals surface area contributed by atoms with Gasteiger partial charge in [-0.2, -0.15) is 10.5 Å². The van der Waals surface area contributed by atoms with Crippen LogP contribution in [0.15, 0.2) is 194 Å². The Balaban J connectivity index is 1.10. The number of nitriles is 2. The first-order chi connectivity index (χ1) is 30.7. The van der Waals surface area contributed by atoms with Gasteiger partial charge in [0.25, 0.3) is 0 Å². The smallest absolute Gasteiger partial charge is 0.0991 e. The number of hydrogen-bond donors (Lipinski definition) is 0. The molecule has 1 aliphatic carbocycles. The van der Waals surface area contributed by atoms with Gasteiger partial charge in [0.15, 0.2) is 0 Å². The summed E-state index contributed by atoms with van der Waals surface area (Å²) in [5.74, 6) is 0. The molecule has 1 atom stereocenters. The number of para-hydroxylation sites is 4. The SMILES string of the molecule is N#CC1=CCC(N(c2ccccc2)c2ccc3c4cc5c(cc4n4c6ccccc6c2c34)c2ccc(N(c3ccccc3)c3ccc(C#N)cc3)c3c4ccccc4n5c23)C=C1. The van der Waals surface area contributed by atoms with Gasteiger partial charge in [-0.15, -0.1) is 0 Å². The van der Waals surface area contributed by atoms with Gasteiger partial charge in [0.1, 0.15) is 0 Å². The average Bonchev–Trinajstić information content (AvgIpc) is 4.06. The molecule has 4 aromatic heterocycles. The van der Waals surface area contributed by atoms with E-state index in [9.17, 15) is 10.5 Å². The summed E-state index contributed by atoms with van der Waals surface area (Å²) in [6, 6.07) is 65.3. The van der Waals surface area contributed by atoms with Crippen molar-refractivity contribution < 1.29 is 0 Å². The number of allylic oxidation sites excluding steroid dienone is 2. The van der Waals surface area contributed by atoms with Gasteiger partial charge in [0, 0.05) is 65.7 Å². The van der Waals surface area contributed by atoms with Gasteiger partial charge in [-0.25, -0.2) is 0 Å². The van der Waals surface area contributed by atoms with E-state index in [1.165, 1.54) is 76.2 Å². The van der Waals surface area contributed by atoms with Crippen molar-refractivity contribution in [3.8, 4) is 12.1 Å². The molecule has 4 heterocycles. The maximum atomic E-state index is 9.67. The molecule has 288 valence electrons. The zero-order valence-electron chi connectivity index (χ0n) is 33.4. The number of fused-ring (bicyclic) bond motifs is 12. The summed E-state index contributed by atoms with van der Waals surface area (Å²) >= 11 is 0. The second kappa shape index (κ2) is 13.0. The molecule has 12 aromatic rings. The molecule has 0 radical (unpaired) electrons. The Morgan fingerprint density at radius 2 is 1.00 bits per heavy atom. The molecule has 13 rings (SSSR count). The first-order valence-corrected chi connectivity index (χ1v) is 21.0. The Labute approximate surface area is 356 Å². The van der Waals surface area contributed by atoms with Gasteiger partial charge in [-0.1, -0.05) is 97.1 Å². The molecule has 0 amide bonds. The molecule has 0 fully saturated rings. The maximum Gasteiger partial charge on any atom is 0.0991 e. The number of aromatic nitrogens is 2. The first kappa shape index (κ1) is 34.3. The highest BCUT2D eigenvalue weighted by Crippen LogP contribution is 2.50. The molecule has 6 heteroatoms. The third-order valence-electron chi connectivity index (χ3n) is 13.1. The fourth-order valence-corrected chi connectivity index (χ4v) is 10.5. The Bertz CT molecular complexity index is 3920. The van der Waals surface area contributed by atoms with Crippen molar-refractivity contribution in [1.82, 2.24) is 8.80 Å². The maximum absolute atomic E-state index is 9.67. The largest absolute Gasteiger partial charge is 0.334 e. The van der Waals surface area contributed by atoms with E-state index in [2.05, 4.69) is 182 Å². The zero-order valence-corrected chi connectivity index (χ0v) is 33.4. The summed E-state index contributed by atoms with van der Waals surface area (Å²) in [5.41, 5.74) is 13.8. The van der Waals surface area contributed by atoms with Crippen molar-refractivity contribution >= 4 is 105 Å².